The summed E-state index contributed by atoms with van der Waals surface area (Å²) in [5.74, 6) is -2.30. The molecule has 2 saturated heterocycles. The third-order valence-electron chi connectivity index (χ3n) is 9.29. The predicted octanol–water partition coefficient (Wildman–Crippen LogP) is 1.18. The van der Waals surface area contributed by atoms with Gasteiger partial charge in [0.05, 0.1) is 18.2 Å². The lowest BCUT2D eigenvalue weighted by molar-refractivity contribution is -0.135. The van der Waals surface area contributed by atoms with Gasteiger partial charge in [-0.3, -0.25) is 33.9 Å². The second-order valence-corrected chi connectivity index (χ2v) is 12.7. The first-order chi connectivity index (χ1) is 23.1. The minimum absolute atomic E-state index is 0.0000498. The number of carbonyl (C=O) groups excluding carboxylic acids is 5. The van der Waals surface area contributed by atoms with E-state index in [2.05, 4.69) is 20.5 Å². The zero-order valence-electron chi connectivity index (χ0n) is 27.5. The summed E-state index contributed by atoms with van der Waals surface area (Å²) in [5, 5.41) is 5.89. The molecular weight excluding hydrogens is 621 g/mol. The average molecular weight is 666 g/mol. The third-order valence-corrected chi connectivity index (χ3v) is 9.29. The number of aromatic nitrogens is 1. The normalized spacial score (nSPS) is 23.0. The van der Waals surface area contributed by atoms with Gasteiger partial charge in [0.15, 0.2) is 0 Å². The van der Waals surface area contributed by atoms with Crippen molar-refractivity contribution in [3.05, 3.63) is 59.7 Å². The van der Waals surface area contributed by atoms with Crippen molar-refractivity contribution in [1.29, 1.82) is 0 Å². The number of likely N-dealkylation sites (tertiary alicyclic amines) is 1. The number of likely N-dealkylation sites (N-methyl/N-ethyl adjacent to an activating group) is 1. The van der Waals surface area contributed by atoms with Crippen LogP contribution < -0.4 is 15.4 Å². The highest BCUT2D eigenvalue weighted by Crippen LogP contribution is 2.26. The number of benzene rings is 1. The molecule has 3 atom stereocenters. The number of hydrogen-bond acceptors (Lipinski definition) is 8. The fourth-order valence-corrected chi connectivity index (χ4v) is 6.51. The van der Waals surface area contributed by atoms with Gasteiger partial charge in [0.25, 0.3) is 5.91 Å². The van der Waals surface area contributed by atoms with Crippen molar-refractivity contribution in [3.8, 4) is 5.75 Å². The van der Waals surface area contributed by atoms with E-state index in [-0.39, 0.29) is 80.6 Å². The van der Waals surface area contributed by atoms with E-state index in [1.54, 1.807) is 36.5 Å². The topological polar surface area (TPSA) is 144 Å². The lowest BCUT2D eigenvalue weighted by Gasteiger charge is -2.30. The first-order valence-electron chi connectivity index (χ1n) is 16.5. The second-order valence-electron chi connectivity index (χ2n) is 12.7. The monoisotopic (exact) mass is 665 g/mol. The lowest BCUT2D eigenvalue weighted by Crippen LogP contribution is -2.48. The van der Waals surface area contributed by atoms with E-state index >= 15 is 0 Å². The van der Waals surface area contributed by atoms with Gasteiger partial charge in [-0.25, -0.2) is 4.39 Å². The highest BCUT2D eigenvalue weighted by atomic mass is 19.1. The van der Waals surface area contributed by atoms with Crippen LogP contribution in [0.4, 0.5) is 4.39 Å². The molecule has 3 aliphatic rings. The minimum atomic E-state index is -1.06. The molecule has 0 bridgehead atoms. The van der Waals surface area contributed by atoms with Gasteiger partial charge in [0, 0.05) is 65.0 Å². The van der Waals surface area contributed by atoms with E-state index in [0.717, 1.165) is 37.6 Å². The molecule has 1 aromatic heterocycles. The largest absolute Gasteiger partial charge is 0.491 e. The van der Waals surface area contributed by atoms with Crippen LogP contribution in [0.5, 0.6) is 5.75 Å². The van der Waals surface area contributed by atoms with Crippen LogP contribution in [0.1, 0.15) is 54.4 Å². The Morgan fingerprint density at radius 2 is 1.75 bits per heavy atom. The average Bonchev–Trinajstić information content (AvgIpc) is 3.74. The molecule has 0 radical (unpaired) electrons. The van der Waals surface area contributed by atoms with Crippen molar-refractivity contribution < 1.29 is 33.1 Å². The van der Waals surface area contributed by atoms with Crippen LogP contribution in [0, 0.1) is 5.82 Å². The van der Waals surface area contributed by atoms with Crippen LogP contribution in [0.2, 0.25) is 0 Å². The highest BCUT2D eigenvalue weighted by molar-refractivity contribution is 5.99. The summed E-state index contributed by atoms with van der Waals surface area (Å²) in [4.78, 5) is 77.2. The quantitative estimate of drug-likeness (QED) is 0.469. The summed E-state index contributed by atoms with van der Waals surface area (Å²) in [6, 6.07) is 5.29. The van der Waals surface area contributed by atoms with Gasteiger partial charge >= 0.3 is 0 Å². The van der Waals surface area contributed by atoms with Crippen molar-refractivity contribution in [2.24, 2.45) is 0 Å². The van der Waals surface area contributed by atoms with E-state index in [1.807, 2.05) is 0 Å². The molecule has 4 heterocycles. The fourth-order valence-electron chi connectivity index (χ4n) is 6.51. The number of rotatable bonds is 6. The lowest BCUT2D eigenvalue weighted by atomic mass is 10.1. The van der Waals surface area contributed by atoms with Gasteiger partial charge in [-0.1, -0.05) is 0 Å². The van der Waals surface area contributed by atoms with E-state index in [1.165, 1.54) is 29.0 Å². The molecule has 5 amide bonds. The van der Waals surface area contributed by atoms with Gasteiger partial charge in [0.1, 0.15) is 24.2 Å². The Balaban J connectivity index is 1.36. The standard InChI is InChI=1S/C34H44FN7O6/c1-39-16-11-32(45)42-20-25(38-30(43)21-41-14-3-4-15-41)18-26(42)22-48-29-7-5-24(35)17-27(29)34(47)40(2)28(6-8-31(39)44)33(46)37-19-23-9-12-36-13-10-23/h5,7,9-10,12-13,17,25-26,28H,3-4,6,8,11,14-16,18-22H2,1-2H3,(H,37,46)(H,38,43)/t25-,26+,28+/m1/s1. The van der Waals surface area contributed by atoms with Gasteiger partial charge in [-0.15, -0.1) is 0 Å². The van der Waals surface area contributed by atoms with Crippen LogP contribution in [0.25, 0.3) is 0 Å². The van der Waals surface area contributed by atoms with Gasteiger partial charge in [-0.05, 0) is 74.7 Å². The summed E-state index contributed by atoms with van der Waals surface area (Å²) in [7, 11) is 3.04. The smallest absolute Gasteiger partial charge is 0.258 e. The Kier molecular flexibility index (Phi) is 11.6. The van der Waals surface area contributed by atoms with Crippen LogP contribution >= 0.6 is 0 Å². The molecule has 3 aliphatic heterocycles. The maximum absolute atomic E-state index is 14.6. The zero-order chi connectivity index (χ0) is 34.2. The minimum Gasteiger partial charge on any atom is -0.491 e. The molecule has 258 valence electrons. The summed E-state index contributed by atoms with van der Waals surface area (Å²) < 4.78 is 20.7. The molecule has 0 aliphatic carbocycles. The van der Waals surface area contributed by atoms with Crippen molar-refractivity contribution in [3.63, 3.8) is 0 Å². The number of nitrogens with one attached hydrogen (secondary N) is 2. The van der Waals surface area contributed by atoms with E-state index in [0.29, 0.717) is 13.0 Å². The first kappa shape index (κ1) is 34.7. The number of nitrogens with zero attached hydrogens (tertiary/aromatic N) is 5. The Morgan fingerprint density at radius 3 is 2.50 bits per heavy atom. The summed E-state index contributed by atoms with van der Waals surface area (Å²) >= 11 is 0. The molecule has 2 N–H and O–H groups in total. The molecule has 0 unspecified atom stereocenters. The van der Waals surface area contributed by atoms with Crippen LogP contribution in [-0.4, -0.2) is 126 Å². The molecular formula is C34H44FN7O6. The van der Waals surface area contributed by atoms with E-state index in [9.17, 15) is 28.4 Å². The molecule has 5 rings (SSSR count). The fraction of sp³-hybridized carbons (Fsp3) is 0.529. The molecule has 2 fully saturated rings. The predicted molar refractivity (Wildman–Crippen MR) is 173 cm³/mol. The Hall–Kier alpha value is -4.59. The summed E-state index contributed by atoms with van der Waals surface area (Å²) in [6.07, 6.45) is 5.76. The molecule has 2 aromatic rings. The van der Waals surface area contributed by atoms with E-state index < -0.39 is 29.7 Å². The number of ether oxygens (including phenoxy) is 1. The second kappa shape index (κ2) is 16.0. The molecule has 0 spiro atoms. The van der Waals surface area contributed by atoms with Crippen LogP contribution in [0.3, 0.4) is 0 Å². The SMILES string of the molecule is CN1CCC(=O)N2C[C@H](NC(=O)CN3CCCC3)C[C@H]2COc2ccc(F)cc2C(=O)N(C)[C@H](C(=O)NCc2ccncc2)CCC1=O. The number of pyridine rings is 1. The molecule has 13 nitrogen and oxygen atoms in total. The van der Waals surface area contributed by atoms with Gasteiger partial charge in [-0.2, -0.15) is 0 Å². The zero-order valence-corrected chi connectivity index (χ0v) is 27.5. The summed E-state index contributed by atoms with van der Waals surface area (Å²) in [5.41, 5.74) is 0.711. The van der Waals surface area contributed by atoms with Crippen LogP contribution in [-0.2, 0) is 25.7 Å². The van der Waals surface area contributed by atoms with Crippen molar-refractivity contribution in [2.45, 2.75) is 63.2 Å². The van der Waals surface area contributed by atoms with E-state index in [4.69, 9.17) is 4.74 Å². The molecule has 14 heteroatoms. The Labute approximate surface area is 279 Å². The van der Waals surface area contributed by atoms with Gasteiger partial charge in [0.2, 0.25) is 23.6 Å². The Morgan fingerprint density at radius 1 is 1.00 bits per heavy atom. The van der Waals surface area contributed by atoms with Crippen molar-refractivity contribution >= 4 is 29.5 Å². The maximum atomic E-state index is 14.6. The van der Waals surface area contributed by atoms with Crippen molar-refractivity contribution in [1.82, 2.24) is 35.2 Å². The molecule has 0 saturated carbocycles. The number of amides is 5. The number of hydrogen-bond donors (Lipinski definition) is 2. The number of halogens is 1. The molecule has 48 heavy (non-hydrogen) atoms. The molecule has 1 aromatic carbocycles. The third kappa shape index (κ3) is 8.85. The summed E-state index contributed by atoms with van der Waals surface area (Å²) in [6.45, 7) is 2.68. The highest BCUT2D eigenvalue weighted by Gasteiger charge is 2.37. The first-order valence-corrected chi connectivity index (χ1v) is 16.5. The maximum Gasteiger partial charge on any atom is 0.258 e. The van der Waals surface area contributed by atoms with Crippen LogP contribution in [0.15, 0.2) is 42.7 Å². The van der Waals surface area contributed by atoms with Crippen molar-refractivity contribution in [2.75, 3.05) is 53.4 Å². The number of fused-ring (bicyclic) bond motifs is 2. The number of carbonyl (C=O) groups is 5. The van der Waals surface area contributed by atoms with Gasteiger partial charge < -0.3 is 30.1 Å². The Bertz CT molecular complexity index is 1490.